The molecule has 48 valence electrons. The van der Waals surface area contributed by atoms with E-state index in [2.05, 4.69) is 4.98 Å². The SMILES string of the molecule is Cn1ccnc1CC=O. The number of carbonyl (C=O) groups is 1. The number of aldehydes is 1. The maximum Gasteiger partial charge on any atom is 0.127 e. The summed E-state index contributed by atoms with van der Waals surface area (Å²) >= 11 is 0. The van der Waals surface area contributed by atoms with Crippen LogP contribution >= 0.6 is 0 Å². The number of rotatable bonds is 2. The van der Waals surface area contributed by atoms with Crippen molar-refractivity contribution < 1.29 is 4.79 Å². The standard InChI is InChI=1S/C6H8N2O/c1-8-4-3-7-6(8)2-5-9/h3-5H,2H2,1H3. The number of aryl methyl sites for hydroxylation is 1. The Balaban J connectivity index is 2.80. The topological polar surface area (TPSA) is 34.9 Å². The summed E-state index contributed by atoms with van der Waals surface area (Å²) in [6, 6.07) is 0. The highest BCUT2D eigenvalue weighted by Gasteiger charge is 1.94. The average molecular weight is 124 g/mol. The number of hydrogen-bond acceptors (Lipinski definition) is 2. The Morgan fingerprint density at radius 3 is 3.11 bits per heavy atom. The van der Waals surface area contributed by atoms with Crippen molar-refractivity contribution in [3.05, 3.63) is 18.2 Å². The Morgan fingerprint density at radius 1 is 1.89 bits per heavy atom. The van der Waals surface area contributed by atoms with Gasteiger partial charge in [0, 0.05) is 19.4 Å². The monoisotopic (exact) mass is 124 g/mol. The van der Waals surface area contributed by atoms with Crippen molar-refractivity contribution in [3.8, 4) is 0 Å². The van der Waals surface area contributed by atoms with Crippen molar-refractivity contribution in [3.63, 3.8) is 0 Å². The van der Waals surface area contributed by atoms with Crippen LogP contribution in [0.25, 0.3) is 0 Å². The lowest BCUT2D eigenvalue weighted by molar-refractivity contribution is -0.107. The fourth-order valence-electron chi connectivity index (χ4n) is 0.668. The van der Waals surface area contributed by atoms with Gasteiger partial charge in [0.25, 0.3) is 0 Å². The number of carbonyl (C=O) groups excluding carboxylic acids is 1. The van der Waals surface area contributed by atoms with E-state index in [1.54, 1.807) is 6.20 Å². The van der Waals surface area contributed by atoms with E-state index in [-0.39, 0.29) is 0 Å². The van der Waals surface area contributed by atoms with Crippen LogP contribution in [0, 0.1) is 0 Å². The molecule has 0 saturated carbocycles. The van der Waals surface area contributed by atoms with Crippen molar-refractivity contribution in [1.29, 1.82) is 0 Å². The molecule has 0 amide bonds. The molecule has 0 spiro atoms. The predicted octanol–water partition coefficient (Wildman–Crippen LogP) is 0.161. The van der Waals surface area contributed by atoms with Crippen molar-refractivity contribution in [2.75, 3.05) is 0 Å². The molecule has 0 aliphatic carbocycles. The smallest absolute Gasteiger partial charge is 0.127 e. The number of aromatic nitrogens is 2. The van der Waals surface area contributed by atoms with Gasteiger partial charge >= 0.3 is 0 Å². The van der Waals surface area contributed by atoms with Crippen LogP contribution in [0.5, 0.6) is 0 Å². The highest BCUT2D eigenvalue weighted by Crippen LogP contribution is 1.91. The second kappa shape index (κ2) is 2.44. The summed E-state index contributed by atoms with van der Waals surface area (Å²) in [4.78, 5) is 13.9. The van der Waals surface area contributed by atoms with Crippen molar-refractivity contribution in [2.24, 2.45) is 7.05 Å². The van der Waals surface area contributed by atoms with Gasteiger partial charge in [0.15, 0.2) is 0 Å². The number of hydrogen-bond donors (Lipinski definition) is 0. The Hall–Kier alpha value is -1.12. The molecule has 0 unspecified atom stereocenters. The van der Waals surface area contributed by atoms with E-state index in [1.807, 2.05) is 17.8 Å². The Kier molecular flexibility index (Phi) is 1.63. The first-order valence-electron chi connectivity index (χ1n) is 2.74. The molecule has 0 saturated heterocycles. The summed E-state index contributed by atoms with van der Waals surface area (Å²) in [5, 5.41) is 0. The second-order valence-electron chi connectivity index (χ2n) is 1.83. The molecule has 9 heavy (non-hydrogen) atoms. The van der Waals surface area contributed by atoms with Crippen LogP contribution in [0.1, 0.15) is 5.82 Å². The molecule has 3 nitrogen and oxygen atoms in total. The third-order valence-electron chi connectivity index (χ3n) is 1.19. The fourth-order valence-corrected chi connectivity index (χ4v) is 0.668. The third-order valence-corrected chi connectivity index (χ3v) is 1.19. The van der Waals surface area contributed by atoms with Crippen molar-refractivity contribution >= 4 is 6.29 Å². The summed E-state index contributed by atoms with van der Waals surface area (Å²) < 4.78 is 1.83. The molecule has 3 heteroatoms. The minimum Gasteiger partial charge on any atom is -0.338 e. The van der Waals surface area contributed by atoms with Crippen LogP contribution < -0.4 is 0 Å². The molecule has 0 aliphatic heterocycles. The second-order valence-corrected chi connectivity index (χ2v) is 1.83. The summed E-state index contributed by atoms with van der Waals surface area (Å²) in [6.07, 6.45) is 4.75. The maximum atomic E-state index is 9.97. The predicted molar refractivity (Wildman–Crippen MR) is 33.0 cm³/mol. The van der Waals surface area contributed by atoms with Crippen LogP contribution in [0.2, 0.25) is 0 Å². The first-order valence-corrected chi connectivity index (χ1v) is 2.74. The molecule has 0 N–H and O–H groups in total. The average Bonchev–Trinajstić information content (AvgIpc) is 2.18. The molecule has 1 heterocycles. The van der Waals surface area contributed by atoms with Gasteiger partial charge in [0.2, 0.25) is 0 Å². The van der Waals surface area contributed by atoms with Gasteiger partial charge in [-0.3, -0.25) is 0 Å². The Bertz CT molecular complexity index is 205. The molecule has 0 atom stereocenters. The third kappa shape index (κ3) is 1.16. The summed E-state index contributed by atoms with van der Waals surface area (Å²) in [6.45, 7) is 0. The van der Waals surface area contributed by atoms with Gasteiger partial charge in [0.05, 0.1) is 6.42 Å². The molecule has 0 bridgehead atoms. The minimum absolute atomic E-state index is 0.406. The molecule has 0 radical (unpaired) electrons. The first-order chi connectivity index (χ1) is 4.34. The lowest BCUT2D eigenvalue weighted by Crippen LogP contribution is -1.96. The van der Waals surface area contributed by atoms with Gasteiger partial charge < -0.3 is 9.36 Å². The van der Waals surface area contributed by atoms with Gasteiger partial charge in [-0.05, 0) is 0 Å². The van der Waals surface area contributed by atoms with E-state index in [4.69, 9.17) is 0 Å². The lowest BCUT2D eigenvalue weighted by atomic mass is 10.4. The van der Waals surface area contributed by atoms with E-state index in [1.165, 1.54) is 0 Å². The molecular formula is C6H8N2O. The van der Waals surface area contributed by atoms with Crippen LogP contribution in [0.3, 0.4) is 0 Å². The normalized spacial score (nSPS) is 9.44. The lowest BCUT2D eigenvalue weighted by Gasteiger charge is -1.92. The first kappa shape index (κ1) is 6.01. The van der Waals surface area contributed by atoms with Gasteiger partial charge in [0.1, 0.15) is 12.1 Å². The fraction of sp³-hybridized carbons (Fsp3) is 0.333. The van der Waals surface area contributed by atoms with Crippen LogP contribution in [-0.2, 0) is 18.3 Å². The zero-order chi connectivity index (χ0) is 6.69. The Morgan fingerprint density at radius 2 is 2.67 bits per heavy atom. The largest absolute Gasteiger partial charge is 0.338 e. The van der Waals surface area contributed by atoms with Crippen LogP contribution in [0.4, 0.5) is 0 Å². The van der Waals surface area contributed by atoms with Gasteiger partial charge in [-0.2, -0.15) is 0 Å². The van der Waals surface area contributed by atoms with Gasteiger partial charge in [-0.25, -0.2) is 4.98 Å². The summed E-state index contributed by atoms with van der Waals surface area (Å²) in [7, 11) is 1.87. The molecule has 1 aromatic rings. The zero-order valence-corrected chi connectivity index (χ0v) is 5.24. The summed E-state index contributed by atoms with van der Waals surface area (Å²) in [5.74, 6) is 0.810. The zero-order valence-electron chi connectivity index (χ0n) is 5.24. The van der Waals surface area contributed by atoms with Crippen LogP contribution in [0.15, 0.2) is 12.4 Å². The quantitative estimate of drug-likeness (QED) is 0.526. The summed E-state index contributed by atoms with van der Waals surface area (Å²) in [5.41, 5.74) is 0. The Labute approximate surface area is 53.3 Å². The highest BCUT2D eigenvalue weighted by atomic mass is 16.1. The van der Waals surface area contributed by atoms with E-state index >= 15 is 0 Å². The molecule has 0 fully saturated rings. The molecule has 0 aromatic carbocycles. The highest BCUT2D eigenvalue weighted by molar-refractivity contribution is 5.52. The molecule has 1 rings (SSSR count). The van der Waals surface area contributed by atoms with E-state index < -0.39 is 0 Å². The number of imidazole rings is 1. The minimum atomic E-state index is 0.406. The van der Waals surface area contributed by atoms with E-state index in [0.717, 1.165) is 12.1 Å². The molecule has 1 aromatic heterocycles. The van der Waals surface area contributed by atoms with E-state index in [0.29, 0.717) is 6.42 Å². The van der Waals surface area contributed by atoms with Crippen molar-refractivity contribution in [2.45, 2.75) is 6.42 Å². The van der Waals surface area contributed by atoms with Gasteiger partial charge in [-0.15, -0.1) is 0 Å². The number of nitrogens with zero attached hydrogens (tertiary/aromatic N) is 2. The molecular weight excluding hydrogens is 116 g/mol. The molecule has 0 aliphatic rings. The van der Waals surface area contributed by atoms with Crippen molar-refractivity contribution in [1.82, 2.24) is 9.55 Å². The maximum absolute atomic E-state index is 9.97. The van der Waals surface area contributed by atoms with Gasteiger partial charge in [-0.1, -0.05) is 0 Å². The van der Waals surface area contributed by atoms with Crippen LogP contribution in [-0.4, -0.2) is 15.8 Å². The van der Waals surface area contributed by atoms with E-state index in [9.17, 15) is 4.79 Å².